The molecule has 1 aliphatic rings. The van der Waals surface area contributed by atoms with Crippen molar-refractivity contribution in [3.8, 4) is 0 Å². The van der Waals surface area contributed by atoms with E-state index in [1.54, 1.807) is 0 Å². The van der Waals surface area contributed by atoms with Gasteiger partial charge in [0.2, 0.25) is 0 Å². The van der Waals surface area contributed by atoms with E-state index in [0.717, 1.165) is 0 Å². The van der Waals surface area contributed by atoms with Gasteiger partial charge in [-0.3, -0.25) is 0 Å². The van der Waals surface area contributed by atoms with E-state index in [1.165, 1.54) is 0 Å². The largest absolute Gasteiger partial charge is 0.463 e. The third-order valence-electron chi connectivity index (χ3n) is 2.91. The minimum Gasteiger partial charge on any atom is -0.405 e. The van der Waals surface area contributed by atoms with Crippen LogP contribution in [-0.4, -0.2) is 19.3 Å². The Morgan fingerprint density at radius 1 is 0.867 bits per heavy atom. The molecule has 88 valence electrons. The fourth-order valence-electron chi connectivity index (χ4n) is 1.95. The minimum absolute atomic E-state index is 0.0581. The first kappa shape index (κ1) is 13.1. The minimum atomic E-state index is -0.0581. The van der Waals surface area contributed by atoms with E-state index in [0.29, 0.717) is 11.8 Å². The highest BCUT2D eigenvalue weighted by molar-refractivity contribution is 6.49. The molecule has 1 heterocycles. The van der Waals surface area contributed by atoms with Gasteiger partial charge in [0.15, 0.2) is 0 Å². The fourth-order valence-corrected chi connectivity index (χ4v) is 1.95. The molecular weight excluding hydrogens is 187 g/mol. The Morgan fingerprint density at radius 3 is 1.40 bits per heavy atom. The van der Waals surface area contributed by atoms with Gasteiger partial charge in [0.25, 0.3) is 0 Å². The molecule has 0 saturated carbocycles. The molecule has 0 N–H and O–H groups in total. The normalized spacial score (nSPS) is 28.2. The SMILES string of the molecule is CC(C)C1OB(C(C)(C)C)O[C@@H]1C(C)C. The lowest BCUT2D eigenvalue weighted by Crippen LogP contribution is -2.31. The Bertz CT molecular complexity index is 192. The van der Waals surface area contributed by atoms with Crippen LogP contribution in [-0.2, 0) is 9.31 Å². The summed E-state index contributed by atoms with van der Waals surface area (Å²) in [5.74, 6) is 1.04. The highest BCUT2D eigenvalue weighted by Crippen LogP contribution is 2.38. The quantitative estimate of drug-likeness (QED) is 0.653. The molecule has 2 atom stereocenters. The zero-order chi connectivity index (χ0) is 11.8. The van der Waals surface area contributed by atoms with Crippen LogP contribution in [0.3, 0.4) is 0 Å². The van der Waals surface area contributed by atoms with Crippen molar-refractivity contribution in [2.45, 2.75) is 66.0 Å². The van der Waals surface area contributed by atoms with Crippen LogP contribution in [0, 0.1) is 11.8 Å². The van der Waals surface area contributed by atoms with E-state index in [1.807, 2.05) is 0 Å². The lowest BCUT2D eigenvalue weighted by atomic mass is 9.61. The van der Waals surface area contributed by atoms with E-state index in [9.17, 15) is 0 Å². The fraction of sp³-hybridized carbons (Fsp3) is 1.00. The molecule has 0 aromatic rings. The van der Waals surface area contributed by atoms with Crippen molar-refractivity contribution >= 4 is 7.12 Å². The Labute approximate surface area is 94.9 Å². The molecule has 1 aliphatic heterocycles. The number of hydrogen-bond donors (Lipinski definition) is 0. The lowest BCUT2D eigenvalue weighted by Gasteiger charge is -2.24. The Kier molecular flexibility index (Phi) is 3.88. The van der Waals surface area contributed by atoms with Crippen molar-refractivity contribution in [2.75, 3.05) is 0 Å². The molecule has 0 amide bonds. The van der Waals surface area contributed by atoms with Gasteiger partial charge in [-0.2, -0.15) is 0 Å². The second-order valence-electron chi connectivity index (χ2n) is 6.39. The van der Waals surface area contributed by atoms with Crippen molar-refractivity contribution in [3.05, 3.63) is 0 Å². The summed E-state index contributed by atoms with van der Waals surface area (Å²) in [6, 6.07) is 0. The predicted molar refractivity (Wildman–Crippen MR) is 64.9 cm³/mol. The second kappa shape index (κ2) is 4.46. The Balaban J connectivity index is 2.74. The van der Waals surface area contributed by atoms with Crippen molar-refractivity contribution in [1.82, 2.24) is 0 Å². The Morgan fingerprint density at radius 2 is 1.20 bits per heavy atom. The van der Waals surface area contributed by atoms with Gasteiger partial charge >= 0.3 is 7.12 Å². The number of hydrogen-bond acceptors (Lipinski definition) is 2. The summed E-state index contributed by atoms with van der Waals surface area (Å²) >= 11 is 0. The highest BCUT2D eigenvalue weighted by Gasteiger charge is 2.47. The maximum Gasteiger partial charge on any atom is 0.463 e. The first-order chi connectivity index (χ1) is 6.73. The molecule has 0 spiro atoms. The number of rotatable bonds is 2. The molecule has 2 nitrogen and oxygen atoms in total. The molecule has 1 saturated heterocycles. The average Bonchev–Trinajstić information content (AvgIpc) is 2.45. The summed E-state index contributed by atoms with van der Waals surface area (Å²) in [4.78, 5) is 0. The van der Waals surface area contributed by atoms with Crippen LogP contribution in [0.5, 0.6) is 0 Å². The van der Waals surface area contributed by atoms with E-state index in [-0.39, 0.29) is 24.6 Å². The van der Waals surface area contributed by atoms with Crippen LogP contribution in [0.4, 0.5) is 0 Å². The standard InChI is InChI=1S/C12H25BO2/c1-8(2)10-11(9(3)4)15-13(14-10)12(5,6)7/h8-11H,1-7H3/t10-,11?/m1/s1. The molecule has 3 heteroatoms. The summed E-state index contributed by atoms with van der Waals surface area (Å²) in [6.07, 6.45) is 0.489. The summed E-state index contributed by atoms with van der Waals surface area (Å²) in [5.41, 5.74) is 0. The van der Waals surface area contributed by atoms with Gasteiger partial charge in [0.1, 0.15) is 0 Å². The van der Waals surface area contributed by atoms with Crippen LogP contribution in [0.1, 0.15) is 48.5 Å². The average molecular weight is 212 g/mol. The van der Waals surface area contributed by atoms with E-state index in [4.69, 9.17) is 9.31 Å². The van der Waals surface area contributed by atoms with Crippen molar-refractivity contribution in [1.29, 1.82) is 0 Å². The van der Waals surface area contributed by atoms with Crippen LogP contribution >= 0.6 is 0 Å². The molecule has 1 fully saturated rings. The van der Waals surface area contributed by atoms with E-state index < -0.39 is 0 Å². The van der Waals surface area contributed by atoms with Gasteiger partial charge < -0.3 is 9.31 Å². The molecule has 0 aromatic carbocycles. The topological polar surface area (TPSA) is 18.5 Å². The monoisotopic (exact) mass is 212 g/mol. The van der Waals surface area contributed by atoms with E-state index >= 15 is 0 Å². The van der Waals surface area contributed by atoms with Crippen LogP contribution in [0.15, 0.2) is 0 Å². The van der Waals surface area contributed by atoms with Crippen LogP contribution in [0.25, 0.3) is 0 Å². The van der Waals surface area contributed by atoms with Crippen LogP contribution in [0.2, 0.25) is 5.31 Å². The third kappa shape index (κ3) is 2.98. The van der Waals surface area contributed by atoms with Gasteiger partial charge in [-0.25, -0.2) is 0 Å². The van der Waals surface area contributed by atoms with E-state index in [2.05, 4.69) is 48.5 Å². The molecule has 1 rings (SSSR count). The van der Waals surface area contributed by atoms with Crippen molar-refractivity contribution < 1.29 is 9.31 Å². The maximum absolute atomic E-state index is 6.04. The molecule has 0 aliphatic carbocycles. The molecule has 0 radical (unpaired) electrons. The predicted octanol–water partition coefficient (Wildman–Crippen LogP) is 3.37. The lowest BCUT2D eigenvalue weighted by molar-refractivity contribution is 0.0815. The molecule has 15 heavy (non-hydrogen) atoms. The van der Waals surface area contributed by atoms with Gasteiger partial charge in [-0.1, -0.05) is 48.5 Å². The van der Waals surface area contributed by atoms with Crippen molar-refractivity contribution in [2.24, 2.45) is 11.8 Å². The Hall–Kier alpha value is -0.0151. The van der Waals surface area contributed by atoms with Gasteiger partial charge in [0, 0.05) is 0 Å². The zero-order valence-corrected chi connectivity index (χ0v) is 11.2. The van der Waals surface area contributed by atoms with Gasteiger partial charge in [-0.15, -0.1) is 0 Å². The summed E-state index contributed by atoms with van der Waals surface area (Å²) in [5, 5.41) is 0.0663. The first-order valence-electron chi connectivity index (χ1n) is 6.04. The highest BCUT2D eigenvalue weighted by atomic mass is 16.7. The van der Waals surface area contributed by atoms with Gasteiger partial charge in [0.05, 0.1) is 12.2 Å². The second-order valence-corrected chi connectivity index (χ2v) is 6.39. The first-order valence-corrected chi connectivity index (χ1v) is 6.04. The third-order valence-corrected chi connectivity index (χ3v) is 2.91. The molecule has 0 aromatic heterocycles. The molecule has 0 bridgehead atoms. The molecule has 1 unspecified atom stereocenters. The van der Waals surface area contributed by atoms with Crippen LogP contribution < -0.4 is 0 Å². The summed E-state index contributed by atoms with van der Waals surface area (Å²) < 4.78 is 12.1. The maximum atomic E-state index is 6.04. The smallest absolute Gasteiger partial charge is 0.405 e. The summed E-state index contributed by atoms with van der Waals surface area (Å²) in [6.45, 7) is 15.3. The van der Waals surface area contributed by atoms with Crippen molar-refractivity contribution in [3.63, 3.8) is 0 Å². The summed E-state index contributed by atoms with van der Waals surface area (Å²) in [7, 11) is -0.0581. The zero-order valence-electron chi connectivity index (χ0n) is 11.2. The van der Waals surface area contributed by atoms with Gasteiger partial charge in [-0.05, 0) is 17.2 Å². The molecular formula is C12H25BO2.